The van der Waals surface area contributed by atoms with Crippen LogP contribution in [0.15, 0.2) is 30.3 Å². The van der Waals surface area contributed by atoms with Crippen molar-refractivity contribution in [3.8, 4) is 0 Å². The number of H-pyrrole nitrogens is 1. The lowest BCUT2D eigenvalue weighted by molar-refractivity contribution is -0.128. The summed E-state index contributed by atoms with van der Waals surface area (Å²) in [5.41, 5.74) is 1.08. The highest BCUT2D eigenvalue weighted by Gasteiger charge is 2.33. The number of aliphatic hydroxyl groups is 1. The minimum atomic E-state index is -0.373. The fourth-order valence-electron chi connectivity index (χ4n) is 3.58. The second-order valence-electron chi connectivity index (χ2n) is 6.86. The number of aromatic nitrogens is 4. The van der Waals surface area contributed by atoms with Crippen LogP contribution in [0.25, 0.3) is 0 Å². The molecule has 1 aromatic heterocycles. The van der Waals surface area contributed by atoms with Gasteiger partial charge >= 0.3 is 0 Å². The lowest BCUT2D eigenvalue weighted by Gasteiger charge is -2.28. The number of aromatic amines is 1. The SMILES string of the molecule is C[C@@H](C(=O)N[C@@H](Cc1ccccc1)c1nn[nH]n1)[C@@H](CO)[C@@H]1CCCN1. The van der Waals surface area contributed by atoms with Crippen molar-refractivity contribution in [2.24, 2.45) is 11.8 Å². The molecule has 0 aliphatic carbocycles. The largest absolute Gasteiger partial charge is 0.396 e. The second kappa shape index (κ2) is 8.86. The van der Waals surface area contributed by atoms with Crippen LogP contribution in [0.4, 0.5) is 0 Å². The third-order valence-corrected chi connectivity index (χ3v) is 5.15. The molecule has 2 heterocycles. The van der Waals surface area contributed by atoms with E-state index in [1.165, 1.54) is 0 Å². The summed E-state index contributed by atoms with van der Waals surface area (Å²) in [7, 11) is 0. The van der Waals surface area contributed by atoms with Gasteiger partial charge in [0, 0.05) is 30.9 Å². The molecule has 140 valence electrons. The molecule has 4 N–H and O–H groups in total. The van der Waals surface area contributed by atoms with Crippen molar-refractivity contribution in [2.45, 2.75) is 38.3 Å². The summed E-state index contributed by atoms with van der Waals surface area (Å²) in [5, 5.41) is 30.4. The summed E-state index contributed by atoms with van der Waals surface area (Å²) in [4.78, 5) is 12.9. The van der Waals surface area contributed by atoms with Crippen LogP contribution in [0.3, 0.4) is 0 Å². The summed E-state index contributed by atoms with van der Waals surface area (Å²) < 4.78 is 0. The van der Waals surface area contributed by atoms with E-state index in [1.807, 2.05) is 37.3 Å². The first-order valence-electron chi connectivity index (χ1n) is 9.11. The fraction of sp³-hybridized carbons (Fsp3) is 0.556. The third-order valence-electron chi connectivity index (χ3n) is 5.15. The molecule has 0 bridgehead atoms. The number of aliphatic hydroxyl groups excluding tert-OH is 1. The maximum Gasteiger partial charge on any atom is 0.223 e. The highest BCUT2D eigenvalue weighted by atomic mass is 16.3. The van der Waals surface area contributed by atoms with E-state index in [9.17, 15) is 9.90 Å². The molecule has 0 spiro atoms. The van der Waals surface area contributed by atoms with Gasteiger partial charge in [0.2, 0.25) is 5.91 Å². The van der Waals surface area contributed by atoms with Crippen LogP contribution in [0.5, 0.6) is 0 Å². The Morgan fingerprint density at radius 3 is 2.81 bits per heavy atom. The average Bonchev–Trinajstić information content (AvgIpc) is 3.37. The van der Waals surface area contributed by atoms with E-state index in [0.717, 1.165) is 24.9 Å². The minimum absolute atomic E-state index is 0.0161. The van der Waals surface area contributed by atoms with Crippen LogP contribution in [0.1, 0.15) is 37.2 Å². The van der Waals surface area contributed by atoms with E-state index in [4.69, 9.17) is 0 Å². The van der Waals surface area contributed by atoms with Crippen molar-refractivity contribution >= 4 is 5.91 Å². The van der Waals surface area contributed by atoms with Crippen molar-refractivity contribution < 1.29 is 9.90 Å². The van der Waals surface area contributed by atoms with Crippen molar-refractivity contribution in [3.05, 3.63) is 41.7 Å². The first kappa shape index (κ1) is 18.5. The predicted molar refractivity (Wildman–Crippen MR) is 96.0 cm³/mol. The average molecular weight is 358 g/mol. The fourth-order valence-corrected chi connectivity index (χ4v) is 3.58. The molecular formula is C18H26N6O2. The van der Waals surface area contributed by atoms with Gasteiger partial charge in [-0.2, -0.15) is 5.21 Å². The van der Waals surface area contributed by atoms with E-state index < -0.39 is 0 Å². The molecule has 0 radical (unpaired) electrons. The molecule has 2 aromatic rings. The van der Waals surface area contributed by atoms with Crippen molar-refractivity contribution in [1.82, 2.24) is 31.3 Å². The van der Waals surface area contributed by atoms with Gasteiger partial charge in [0.25, 0.3) is 0 Å². The molecular weight excluding hydrogens is 332 g/mol. The van der Waals surface area contributed by atoms with Crippen LogP contribution >= 0.6 is 0 Å². The molecule has 0 saturated carbocycles. The highest BCUT2D eigenvalue weighted by Crippen LogP contribution is 2.24. The van der Waals surface area contributed by atoms with Gasteiger partial charge in [0.15, 0.2) is 5.82 Å². The number of carbonyl (C=O) groups is 1. The summed E-state index contributed by atoms with van der Waals surface area (Å²) in [6.07, 6.45) is 2.64. The van der Waals surface area contributed by atoms with Crippen molar-refractivity contribution in [2.75, 3.05) is 13.2 Å². The quantitative estimate of drug-likeness (QED) is 0.549. The minimum Gasteiger partial charge on any atom is -0.396 e. The first-order valence-corrected chi connectivity index (χ1v) is 9.11. The zero-order chi connectivity index (χ0) is 18.4. The van der Waals surface area contributed by atoms with Gasteiger partial charge in [0.05, 0.1) is 6.04 Å². The number of hydrogen-bond acceptors (Lipinski definition) is 6. The number of rotatable bonds is 8. The topological polar surface area (TPSA) is 116 Å². The molecule has 26 heavy (non-hydrogen) atoms. The van der Waals surface area contributed by atoms with Gasteiger partial charge < -0.3 is 15.7 Å². The van der Waals surface area contributed by atoms with E-state index in [-0.39, 0.29) is 36.4 Å². The Bertz CT molecular complexity index is 672. The highest BCUT2D eigenvalue weighted by molar-refractivity contribution is 5.79. The van der Waals surface area contributed by atoms with Gasteiger partial charge in [-0.25, -0.2) is 0 Å². The van der Waals surface area contributed by atoms with E-state index in [1.54, 1.807) is 0 Å². The van der Waals surface area contributed by atoms with Crippen LogP contribution in [0.2, 0.25) is 0 Å². The number of nitrogens with one attached hydrogen (secondary N) is 3. The van der Waals surface area contributed by atoms with E-state index in [2.05, 4.69) is 31.3 Å². The van der Waals surface area contributed by atoms with Crippen LogP contribution in [-0.2, 0) is 11.2 Å². The normalized spacial score (nSPS) is 20.5. The molecule has 1 aliphatic rings. The third kappa shape index (κ3) is 4.44. The molecule has 3 rings (SSSR count). The van der Waals surface area contributed by atoms with E-state index in [0.29, 0.717) is 12.2 Å². The molecule has 8 nitrogen and oxygen atoms in total. The maximum atomic E-state index is 12.9. The Labute approximate surface area is 152 Å². The van der Waals surface area contributed by atoms with Gasteiger partial charge in [-0.15, -0.1) is 10.2 Å². The lowest BCUT2D eigenvalue weighted by atomic mass is 9.86. The Balaban J connectivity index is 1.70. The number of benzene rings is 1. The smallest absolute Gasteiger partial charge is 0.223 e. The number of nitrogens with zero attached hydrogens (tertiary/aromatic N) is 3. The molecule has 0 unspecified atom stereocenters. The van der Waals surface area contributed by atoms with Gasteiger partial charge in [-0.3, -0.25) is 4.79 Å². The maximum absolute atomic E-state index is 12.9. The standard InChI is InChI=1S/C18H26N6O2/c1-12(14(11-25)15-8-5-9-19-15)18(26)20-16(17-21-23-24-22-17)10-13-6-3-2-4-7-13/h2-4,6-7,12,14-16,19,25H,5,8-11H2,1H3,(H,20,26)(H,21,22,23,24)/t12-,14-,15+,16+/m1/s1. The predicted octanol–water partition coefficient (Wildman–Crippen LogP) is 0.596. The molecule has 1 aromatic carbocycles. The van der Waals surface area contributed by atoms with Crippen molar-refractivity contribution in [3.63, 3.8) is 0 Å². The Hall–Kier alpha value is -2.32. The summed E-state index contributed by atoms with van der Waals surface area (Å²) >= 11 is 0. The molecule has 1 fully saturated rings. The summed E-state index contributed by atoms with van der Waals surface area (Å²) in [5.74, 6) is -0.0849. The molecule has 8 heteroatoms. The molecule has 1 amide bonds. The summed E-state index contributed by atoms with van der Waals surface area (Å²) in [6, 6.07) is 9.68. The molecule has 4 atom stereocenters. The van der Waals surface area contributed by atoms with Crippen molar-refractivity contribution in [1.29, 1.82) is 0 Å². The van der Waals surface area contributed by atoms with Gasteiger partial charge in [0.1, 0.15) is 0 Å². The zero-order valence-corrected chi connectivity index (χ0v) is 14.9. The Morgan fingerprint density at radius 1 is 1.38 bits per heavy atom. The summed E-state index contributed by atoms with van der Waals surface area (Å²) in [6.45, 7) is 2.79. The number of amides is 1. The van der Waals surface area contributed by atoms with Crippen LogP contribution in [-0.4, -0.2) is 50.8 Å². The van der Waals surface area contributed by atoms with Gasteiger partial charge in [-0.1, -0.05) is 42.5 Å². The lowest BCUT2D eigenvalue weighted by Crippen LogP contribution is -2.44. The van der Waals surface area contributed by atoms with Gasteiger partial charge in [-0.05, 0) is 24.9 Å². The molecule has 1 aliphatic heterocycles. The number of hydrogen-bond donors (Lipinski definition) is 4. The monoisotopic (exact) mass is 358 g/mol. The van der Waals surface area contributed by atoms with Crippen LogP contribution < -0.4 is 10.6 Å². The molecule has 1 saturated heterocycles. The zero-order valence-electron chi connectivity index (χ0n) is 14.9. The first-order chi connectivity index (χ1) is 12.7. The van der Waals surface area contributed by atoms with Crippen LogP contribution in [0, 0.1) is 11.8 Å². The number of carbonyl (C=O) groups excluding carboxylic acids is 1. The second-order valence-corrected chi connectivity index (χ2v) is 6.86. The number of tetrazole rings is 1. The van der Waals surface area contributed by atoms with E-state index >= 15 is 0 Å². The Morgan fingerprint density at radius 2 is 2.19 bits per heavy atom. The Kier molecular flexibility index (Phi) is 6.30.